The van der Waals surface area contributed by atoms with Crippen LogP contribution < -0.4 is 4.90 Å². The van der Waals surface area contributed by atoms with E-state index in [2.05, 4.69) is 27.9 Å². The van der Waals surface area contributed by atoms with Gasteiger partial charge in [0.2, 0.25) is 5.91 Å². The smallest absolute Gasteiger partial charge is 0.236 e. The molecule has 0 bridgehead atoms. The quantitative estimate of drug-likeness (QED) is 0.925. The van der Waals surface area contributed by atoms with Gasteiger partial charge in [-0.25, -0.2) is 4.98 Å². The van der Waals surface area contributed by atoms with Crippen LogP contribution in [0.3, 0.4) is 0 Å². The zero-order valence-corrected chi connectivity index (χ0v) is 13.7. The molecule has 3 heterocycles. The average Bonchev–Trinajstić information content (AvgIpc) is 3.19. The second-order valence-corrected chi connectivity index (χ2v) is 6.16. The molecule has 1 aliphatic rings. The van der Waals surface area contributed by atoms with Crippen LogP contribution in [0.15, 0.2) is 18.5 Å². The SMILES string of the molecule is C[C@H]1CN(C(=O)CC#N)C[C@H]1N(C)c1c(C#N)cnc2[nH]ccc12. The van der Waals surface area contributed by atoms with Crippen molar-refractivity contribution in [2.45, 2.75) is 19.4 Å². The van der Waals surface area contributed by atoms with E-state index in [1.54, 1.807) is 17.3 Å². The Bertz CT molecular complexity index is 858. The number of H-pyrrole nitrogens is 1. The summed E-state index contributed by atoms with van der Waals surface area (Å²) in [5.74, 6) is 0.105. The largest absolute Gasteiger partial charge is 0.368 e. The summed E-state index contributed by atoms with van der Waals surface area (Å²) >= 11 is 0. The molecule has 1 N–H and O–H groups in total. The first-order valence-electron chi connectivity index (χ1n) is 7.80. The topological polar surface area (TPSA) is 99.8 Å². The van der Waals surface area contributed by atoms with Gasteiger partial charge < -0.3 is 14.8 Å². The molecule has 7 nitrogen and oxygen atoms in total. The summed E-state index contributed by atoms with van der Waals surface area (Å²) in [6, 6.07) is 6.12. The molecule has 1 fully saturated rings. The molecule has 7 heteroatoms. The van der Waals surface area contributed by atoms with Crippen LogP contribution in [0.5, 0.6) is 0 Å². The van der Waals surface area contributed by atoms with E-state index in [0.29, 0.717) is 18.7 Å². The minimum Gasteiger partial charge on any atom is -0.368 e. The van der Waals surface area contributed by atoms with Gasteiger partial charge in [0.05, 0.1) is 23.4 Å². The van der Waals surface area contributed by atoms with Gasteiger partial charge in [0.15, 0.2) is 0 Å². The molecule has 1 saturated heterocycles. The molecule has 3 rings (SSSR count). The van der Waals surface area contributed by atoms with Gasteiger partial charge in [-0.1, -0.05) is 6.92 Å². The predicted molar refractivity (Wildman–Crippen MR) is 89.0 cm³/mol. The third kappa shape index (κ3) is 2.55. The molecule has 2 atom stereocenters. The number of hydrogen-bond acceptors (Lipinski definition) is 5. The Hall–Kier alpha value is -3.06. The molecule has 2 aromatic rings. The van der Waals surface area contributed by atoms with E-state index in [9.17, 15) is 10.1 Å². The number of hydrogen-bond donors (Lipinski definition) is 1. The van der Waals surface area contributed by atoms with Crippen molar-refractivity contribution in [3.8, 4) is 12.1 Å². The van der Waals surface area contributed by atoms with Crippen molar-refractivity contribution >= 4 is 22.6 Å². The number of rotatable bonds is 3. The number of nitrogens with zero attached hydrogens (tertiary/aromatic N) is 5. The van der Waals surface area contributed by atoms with Crippen LogP contribution in [0.25, 0.3) is 11.0 Å². The normalized spacial score (nSPS) is 19.9. The van der Waals surface area contributed by atoms with E-state index in [-0.39, 0.29) is 24.3 Å². The van der Waals surface area contributed by atoms with E-state index in [4.69, 9.17) is 5.26 Å². The van der Waals surface area contributed by atoms with Crippen LogP contribution in [0, 0.1) is 28.6 Å². The first-order chi connectivity index (χ1) is 11.6. The number of carbonyl (C=O) groups excluding carboxylic acids is 1. The number of aromatic amines is 1. The number of likely N-dealkylation sites (N-methyl/N-ethyl adjacent to an activating group) is 1. The molecule has 0 radical (unpaired) electrons. The summed E-state index contributed by atoms with van der Waals surface area (Å²) in [5.41, 5.74) is 2.08. The second kappa shape index (κ2) is 6.21. The minimum atomic E-state index is -0.137. The summed E-state index contributed by atoms with van der Waals surface area (Å²) < 4.78 is 0. The number of nitrogens with one attached hydrogen (secondary N) is 1. The number of nitriles is 2. The van der Waals surface area contributed by atoms with Gasteiger partial charge in [-0.15, -0.1) is 0 Å². The zero-order valence-electron chi connectivity index (χ0n) is 13.7. The Morgan fingerprint density at radius 2 is 2.29 bits per heavy atom. The standard InChI is InChI=1S/C17H18N6O/c1-11-9-23(15(24)3-5-18)10-14(11)22(2)16-12(7-19)8-21-17-13(16)4-6-20-17/h4,6,8,11,14H,3,9-10H2,1-2H3,(H,20,21)/t11-,14+/m0/s1. The Labute approximate surface area is 140 Å². The highest BCUT2D eigenvalue weighted by Gasteiger charge is 2.36. The maximum absolute atomic E-state index is 12.0. The molecular formula is C17H18N6O. The van der Waals surface area contributed by atoms with Crippen molar-refractivity contribution in [2.75, 3.05) is 25.0 Å². The van der Waals surface area contributed by atoms with Gasteiger partial charge >= 0.3 is 0 Å². The number of amides is 1. The number of aromatic nitrogens is 2. The van der Waals surface area contributed by atoms with Gasteiger partial charge in [0, 0.05) is 37.9 Å². The maximum atomic E-state index is 12.0. The highest BCUT2D eigenvalue weighted by atomic mass is 16.2. The fourth-order valence-corrected chi connectivity index (χ4v) is 3.46. The molecule has 0 aromatic carbocycles. The van der Waals surface area contributed by atoms with Crippen LogP contribution in [-0.4, -0.2) is 47.0 Å². The third-order valence-electron chi connectivity index (χ3n) is 4.68. The fourth-order valence-electron chi connectivity index (χ4n) is 3.46. The van der Waals surface area contributed by atoms with E-state index < -0.39 is 0 Å². The first kappa shape index (κ1) is 15.8. The van der Waals surface area contributed by atoms with Crippen molar-refractivity contribution < 1.29 is 4.79 Å². The lowest BCUT2D eigenvalue weighted by Gasteiger charge is -2.30. The van der Waals surface area contributed by atoms with Crippen molar-refractivity contribution in [1.29, 1.82) is 10.5 Å². The molecule has 0 aliphatic carbocycles. The van der Waals surface area contributed by atoms with E-state index in [1.165, 1.54) is 0 Å². The van der Waals surface area contributed by atoms with Gasteiger partial charge in [-0.05, 0) is 12.0 Å². The Morgan fingerprint density at radius 1 is 1.50 bits per heavy atom. The molecule has 1 aliphatic heterocycles. The van der Waals surface area contributed by atoms with Crippen LogP contribution in [0.4, 0.5) is 5.69 Å². The summed E-state index contributed by atoms with van der Waals surface area (Å²) in [7, 11) is 1.95. The molecule has 0 unspecified atom stereocenters. The number of likely N-dealkylation sites (tertiary alicyclic amines) is 1. The van der Waals surface area contributed by atoms with Gasteiger partial charge in [-0.3, -0.25) is 4.79 Å². The summed E-state index contributed by atoms with van der Waals surface area (Å²) in [6.07, 6.45) is 3.28. The predicted octanol–water partition coefficient (Wildman–Crippen LogP) is 1.63. The maximum Gasteiger partial charge on any atom is 0.236 e. The molecule has 122 valence electrons. The Balaban J connectivity index is 1.94. The van der Waals surface area contributed by atoms with Crippen molar-refractivity contribution in [2.24, 2.45) is 5.92 Å². The monoisotopic (exact) mass is 322 g/mol. The van der Waals surface area contributed by atoms with Crippen molar-refractivity contribution in [1.82, 2.24) is 14.9 Å². The van der Waals surface area contributed by atoms with Gasteiger partial charge in [-0.2, -0.15) is 10.5 Å². The van der Waals surface area contributed by atoms with Crippen molar-refractivity contribution in [3.05, 3.63) is 24.0 Å². The Kier molecular flexibility index (Phi) is 4.09. The average molecular weight is 322 g/mol. The molecule has 2 aromatic heterocycles. The zero-order chi connectivity index (χ0) is 17.3. The summed E-state index contributed by atoms with van der Waals surface area (Å²) in [5, 5.41) is 19.1. The van der Waals surface area contributed by atoms with Crippen LogP contribution in [0.2, 0.25) is 0 Å². The van der Waals surface area contributed by atoms with Crippen LogP contribution in [-0.2, 0) is 4.79 Å². The molecular weight excluding hydrogens is 304 g/mol. The minimum absolute atomic E-state index is 0.0836. The Morgan fingerprint density at radius 3 is 3.00 bits per heavy atom. The number of anilines is 1. The molecule has 1 amide bonds. The van der Waals surface area contributed by atoms with E-state index in [0.717, 1.165) is 16.7 Å². The molecule has 24 heavy (non-hydrogen) atoms. The lowest BCUT2D eigenvalue weighted by molar-refractivity contribution is -0.129. The lowest BCUT2D eigenvalue weighted by Crippen LogP contribution is -2.39. The fraction of sp³-hybridized carbons (Fsp3) is 0.412. The van der Waals surface area contributed by atoms with Gasteiger partial charge in [0.25, 0.3) is 0 Å². The molecule has 0 saturated carbocycles. The van der Waals surface area contributed by atoms with E-state index in [1.807, 2.05) is 19.2 Å². The second-order valence-electron chi connectivity index (χ2n) is 6.16. The number of carbonyl (C=O) groups is 1. The number of pyridine rings is 1. The lowest BCUT2D eigenvalue weighted by atomic mass is 10.0. The van der Waals surface area contributed by atoms with Crippen LogP contribution >= 0.6 is 0 Å². The number of fused-ring (bicyclic) bond motifs is 1. The highest BCUT2D eigenvalue weighted by molar-refractivity contribution is 5.93. The van der Waals surface area contributed by atoms with Crippen molar-refractivity contribution in [3.63, 3.8) is 0 Å². The summed E-state index contributed by atoms with van der Waals surface area (Å²) in [6.45, 7) is 3.26. The third-order valence-corrected chi connectivity index (χ3v) is 4.68. The highest BCUT2D eigenvalue weighted by Crippen LogP contribution is 2.33. The van der Waals surface area contributed by atoms with Crippen LogP contribution in [0.1, 0.15) is 18.9 Å². The van der Waals surface area contributed by atoms with Gasteiger partial charge in [0.1, 0.15) is 18.1 Å². The van der Waals surface area contributed by atoms with E-state index >= 15 is 0 Å². The summed E-state index contributed by atoms with van der Waals surface area (Å²) in [4.78, 5) is 23.1. The molecule has 0 spiro atoms. The first-order valence-corrected chi connectivity index (χ1v) is 7.80.